The summed E-state index contributed by atoms with van der Waals surface area (Å²) in [6.45, 7) is 2.00. The first-order valence-corrected chi connectivity index (χ1v) is 5.19. The van der Waals surface area contributed by atoms with E-state index < -0.39 is 0 Å². The zero-order chi connectivity index (χ0) is 11.1. The smallest absolute Gasteiger partial charge is 0.217 e. The summed E-state index contributed by atoms with van der Waals surface area (Å²) in [7, 11) is 0. The number of aromatic nitrogens is 3. The fraction of sp³-hybridized carbons (Fsp3) is 0.0909. The summed E-state index contributed by atoms with van der Waals surface area (Å²) in [6.07, 6.45) is 1.91. The van der Waals surface area contributed by atoms with Gasteiger partial charge in [-0.05, 0) is 42.3 Å². The van der Waals surface area contributed by atoms with Crippen molar-refractivity contribution in [2.75, 3.05) is 0 Å². The van der Waals surface area contributed by atoms with E-state index in [0.29, 0.717) is 16.8 Å². The molecule has 0 radical (unpaired) electrons. The van der Waals surface area contributed by atoms with Gasteiger partial charge in [0.15, 0.2) is 16.6 Å². The molecule has 0 fully saturated rings. The van der Waals surface area contributed by atoms with Crippen molar-refractivity contribution >= 4 is 17.2 Å². The normalized spacial score (nSPS) is 11.1. The van der Waals surface area contributed by atoms with Crippen LogP contribution in [-0.2, 0) is 0 Å². The molecule has 3 heterocycles. The molecule has 5 heteroatoms. The molecule has 80 valence electrons. The number of aryl methyl sites for hydroxylation is 1. The predicted molar refractivity (Wildman–Crippen MR) is 60.4 cm³/mol. The van der Waals surface area contributed by atoms with Crippen LogP contribution in [0.1, 0.15) is 5.56 Å². The highest BCUT2D eigenvalue weighted by molar-refractivity contribution is 6.28. The van der Waals surface area contributed by atoms with E-state index >= 15 is 0 Å². The zero-order valence-electron chi connectivity index (χ0n) is 8.51. The molecule has 3 aromatic rings. The number of rotatable bonds is 1. The lowest BCUT2D eigenvalue weighted by Crippen LogP contribution is -1.87. The molecule has 0 amide bonds. The molecule has 0 aromatic carbocycles. The third-order valence-electron chi connectivity index (χ3n) is 2.27. The molecule has 4 nitrogen and oxygen atoms in total. The molecule has 0 spiro atoms. The number of pyridine rings is 1. The molecule has 0 saturated carbocycles. The van der Waals surface area contributed by atoms with Crippen molar-refractivity contribution in [3.8, 4) is 11.6 Å². The zero-order valence-corrected chi connectivity index (χ0v) is 9.27. The maximum atomic E-state index is 5.71. The van der Waals surface area contributed by atoms with Crippen LogP contribution < -0.4 is 0 Å². The van der Waals surface area contributed by atoms with Crippen LogP contribution in [0, 0.1) is 6.92 Å². The van der Waals surface area contributed by atoms with Crippen LogP contribution in [0.2, 0.25) is 5.22 Å². The second-order valence-electron chi connectivity index (χ2n) is 3.55. The standard InChI is InChI=1S/C11H8ClN3O/c1-7-2-5-10-13-11(14-15(10)6-7)8-3-4-9(12)16-8/h2-6H,1H3. The Labute approximate surface area is 96.5 Å². The van der Waals surface area contributed by atoms with Gasteiger partial charge in [0.1, 0.15) is 0 Å². The van der Waals surface area contributed by atoms with Gasteiger partial charge in [-0.15, -0.1) is 5.10 Å². The molecular formula is C11H8ClN3O. The fourth-order valence-corrected chi connectivity index (χ4v) is 1.67. The summed E-state index contributed by atoms with van der Waals surface area (Å²) < 4.78 is 6.98. The Morgan fingerprint density at radius 1 is 1.25 bits per heavy atom. The van der Waals surface area contributed by atoms with Gasteiger partial charge in [0, 0.05) is 6.20 Å². The van der Waals surface area contributed by atoms with Gasteiger partial charge in [-0.3, -0.25) is 0 Å². The molecule has 3 rings (SSSR count). The Morgan fingerprint density at radius 3 is 2.88 bits per heavy atom. The predicted octanol–water partition coefficient (Wildman–Crippen LogP) is 2.95. The quantitative estimate of drug-likeness (QED) is 0.649. The van der Waals surface area contributed by atoms with Gasteiger partial charge in [0.2, 0.25) is 5.82 Å². The number of fused-ring (bicyclic) bond motifs is 1. The molecule has 0 atom stereocenters. The Balaban J connectivity index is 2.18. The van der Waals surface area contributed by atoms with Crippen LogP contribution >= 0.6 is 11.6 Å². The molecule has 0 saturated heterocycles. The van der Waals surface area contributed by atoms with Crippen molar-refractivity contribution in [2.45, 2.75) is 6.92 Å². The Hall–Kier alpha value is -1.81. The average molecular weight is 234 g/mol. The molecule has 0 N–H and O–H groups in total. The first-order valence-electron chi connectivity index (χ1n) is 4.81. The molecule has 3 aromatic heterocycles. The lowest BCUT2D eigenvalue weighted by atomic mass is 10.3. The summed E-state index contributed by atoms with van der Waals surface area (Å²) in [6, 6.07) is 7.33. The molecule has 0 aliphatic carbocycles. The largest absolute Gasteiger partial charge is 0.441 e. The van der Waals surface area contributed by atoms with Crippen LogP contribution in [-0.4, -0.2) is 14.6 Å². The minimum absolute atomic E-state index is 0.338. The van der Waals surface area contributed by atoms with Crippen LogP contribution in [0.5, 0.6) is 0 Å². The number of nitrogens with zero attached hydrogens (tertiary/aromatic N) is 3. The van der Waals surface area contributed by atoms with Gasteiger partial charge in [-0.2, -0.15) is 0 Å². The van der Waals surface area contributed by atoms with Crippen molar-refractivity contribution in [1.82, 2.24) is 14.6 Å². The molecule has 0 aliphatic rings. The van der Waals surface area contributed by atoms with Crippen molar-refractivity contribution in [1.29, 1.82) is 0 Å². The van der Waals surface area contributed by atoms with E-state index in [0.717, 1.165) is 11.2 Å². The van der Waals surface area contributed by atoms with Crippen molar-refractivity contribution in [3.05, 3.63) is 41.2 Å². The highest BCUT2D eigenvalue weighted by Gasteiger charge is 2.09. The molecule has 0 aliphatic heterocycles. The summed E-state index contributed by atoms with van der Waals surface area (Å²) in [4.78, 5) is 4.34. The summed E-state index contributed by atoms with van der Waals surface area (Å²) in [5.74, 6) is 1.11. The van der Waals surface area contributed by atoms with Gasteiger partial charge in [0.25, 0.3) is 0 Å². The second kappa shape index (κ2) is 3.35. The van der Waals surface area contributed by atoms with Gasteiger partial charge in [-0.25, -0.2) is 9.50 Å². The number of hydrogen-bond acceptors (Lipinski definition) is 3. The number of furan rings is 1. The number of hydrogen-bond donors (Lipinski definition) is 0. The van der Waals surface area contributed by atoms with Gasteiger partial charge in [0.05, 0.1) is 0 Å². The third kappa shape index (κ3) is 1.47. The van der Waals surface area contributed by atoms with Crippen molar-refractivity contribution in [3.63, 3.8) is 0 Å². The van der Waals surface area contributed by atoms with Gasteiger partial charge >= 0.3 is 0 Å². The van der Waals surface area contributed by atoms with E-state index in [1.807, 2.05) is 25.3 Å². The minimum atomic E-state index is 0.338. The van der Waals surface area contributed by atoms with E-state index in [4.69, 9.17) is 16.0 Å². The third-order valence-corrected chi connectivity index (χ3v) is 2.48. The van der Waals surface area contributed by atoms with Gasteiger partial charge < -0.3 is 4.42 Å². The first kappa shape index (κ1) is 9.42. The van der Waals surface area contributed by atoms with E-state index in [2.05, 4.69) is 10.1 Å². The number of halogens is 1. The van der Waals surface area contributed by atoms with E-state index in [-0.39, 0.29) is 0 Å². The van der Waals surface area contributed by atoms with E-state index in [1.165, 1.54) is 0 Å². The van der Waals surface area contributed by atoms with Gasteiger partial charge in [-0.1, -0.05) is 6.07 Å². The monoisotopic (exact) mass is 233 g/mol. The van der Waals surface area contributed by atoms with E-state index in [1.54, 1.807) is 16.6 Å². The lowest BCUT2D eigenvalue weighted by molar-refractivity contribution is 0.579. The fourth-order valence-electron chi connectivity index (χ4n) is 1.52. The summed E-state index contributed by atoms with van der Waals surface area (Å²) in [5.41, 5.74) is 1.91. The van der Waals surface area contributed by atoms with Crippen molar-refractivity contribution < 1.29 is 4.42 Å². The molecule has 0 unspecified atom stereocenters. The van der Waals surface area contributed by atoms with Crippen molar-refractivity contribution in [2.24, 2.45) is 0 Å². The SMILES string of the molecule is Cc1ccc2nc(-c3ccc(Cl)o3)nn2c1. The lowest BCUT2D eigenvalue weighted by Gasteiger charge is -1.91. The Bertz CT molecular complexity index is 656. The van der Waals surface area contributed by atoms with Crippen LogP contribution in [0.3, 0.4) is 0 Å². The molecule has 0 bridgehead atoms. The summed E-state index contributed by atoms with van der Waals surface area (Å²) >= 11 is 5.71. The Kier molecular flexibility index (Phi) is 1.97. The highest BCUT2D eigenvalue weighted by atomic mass is 35.5. The maximum Gasteiger partial charge on any atom is 0.217 e. The van der Waals surface area contributed by atoms with Crippen LogP contribution in [0.4, 0.5) is 0 Å². The minimum Gasteiger partial charge on any atom is -0.441 e. The molecular weight excluding hydrogens is 226 g/mol. The molecule has 16 heavy (non-hydrogen) atoms. The Morgan fingerprint density at radius 2 is 2.12 bits per heavy atom. The highest BCUT2D eigenvalue weighted by Crippen LogP contribution is 2.22. The van der Waals surface area contributed by atoms with E-state index in [9.17, 15) is 0 Å². The average Bonchev–Trinajstić information content (AvgIpc) is 2.83. The summed E-state index contributed by atoms with van der Waals surface area (Å²) in [5, 5.41) is 4.65. The second-order valence-corrected chi connectivity index (χ2v) is 3.92. The van der Waals surface area contributed by atoms with Crippen LogP contribution in [0.15, 0.2) is 34.9 Å². The topological polar surface area (TPSA) is 43.3 Å². The van der Waals surface area contributed by atoms with Crippen LogP contribution in [0.25, 0.3) is 17.2 Å². The maximum absolute atomic E-state index is 5.71. The first-order chi connectivity index (χ1) is 7.72.